The zero-order valence-corrected chi connectivity index (χ0v) is 12.7. The zero-order valence-electron chi connectivity index (χ0n) is 11.9. The molecular weight excluding hydrogens is 326 g/mol. The molecule has 0 fully saturated rings. The van der Waals surface area contributed by atoms with Crippen LogP contribution in [0.5, 0.6) is 0 Å². The summed E-state index contributed by atoms with van der Waals surface area (Å²) in [6, 6.07) is 8.43. The van der Waals surface area contributed by atoms with Gasteiger partial charge in [0.15, 0.2) is 0 Å². The number of anilines is 1. The van der Waals surface area contributed by atoms with E-state index in [1.165, 1.54) is 24.3 Å². The Balaban J connectivity index is 1.94. The number of carbonyl (C=O) groups is 1. The van der Waals surface area contributed by atoms with Gasteiger partial charge in [-0.3, -0.25) is 4.79 Å². The third-order valence-corrected chi connectivity index (χ3v) is 3.96. The number of aryl methyl sites for hydroxylation is 1. The predicted octanol–water partition coefficient (Wildman–Crippen LogP) is 2.18. The van der Waals surface area contributed by atoms with Gasteiger partial charge in [-0.25, -0.2) is 22.3 Å². The summed E-state index contributed by atoms with van der Waals surface area (Å²) in [6.45, 7) is 0. The summed E-state index contributed by atoms with van der Waals surface area (Å²) in [6.07, 6.45) is 0.204. The van der Waals surface area contributed by atoms with Gasteiger partial charge >= 0.3 is 0 Å². The summed E-state index contributed by atoms with van der Waals surface area (Å²) in [7, 11) is -3.79. The minimum absolute atomic E-state index is 0.0276. The molecule has 0 atom stereocenters. The van der Waals surface area contributed by atoms with Gasteiger partial charge in [0.2, 0.25) is 15.9 Å². The monoisotopic (exact) mass is 340 g/mol. The van der Waals surface area contributed by atoms with Crippen LogP contribution in [0.25, 0.3) is 0 Å². The van der Waals surface area contributed by atoms with Crippen molar-refractivity contribution in [2.75, 3.05) is 5.32 Å². The molecule has 1 amide bonds. The van der Waals surface area contributed by atoms with Gasteiger partial charge in [0, 0.05) is 18.2 Å². The van der Waals surface area contributed by atoms with E-state index in [1.54, 1.807) is 0 Å². The van der Waals surface area contributed by atoms with Crippen LogP contribution in [0.15, 0.2) is 47.4 Å². The Kier molecular flexibility index (Phi) is 5.07. The number of primary sulfonamides is 1. The number of halogens is 2. The number of amides is 1. The lowest BCUT2D eigenvalue weighted by molar-refractivity contribution is -0.116. The van der Waals surface area contributed by atoms with Crippen LogP contribution in [0, 0.1) is 11.6 Å². The summed E-state index contributed by atoms with van der Waals surface area (Å²) >= 11 is 0. The maximum atomic E-state index is 13.0. The van der Waals surface area contributed by atoms with Crippen molar-refractivity contribution < 1.29 is 22.0 Å². The first-order chi connectivity index (χ1) is 10.7. The molecule has 23 heavy (non-hydrogen) atoms. The van der Waals surface area contributed by atoms with Crippen molar-refractivity contribution in [3.8, 4) is 0 Å². The molecule has 0 saturated carbocycles. The highest BCUT2D eigenvalue weighted by Gasteiger charge is 2.09. The topological polar surface area (TPSA) is 89.3 Å². The zero-order chi connectivity index (χ0) is 17.0. The number of carbonyl (C=O) groups excluding carboxylic acids is 1. The van der Waals surface area contributed by atoms with Crippen LogP contribution in [0.4, 0.5) is 14.5 Å². The molecule has 2 aromatic carbocycles. The van der Waals surface area contributed by atoms with Crippen LogP contribution in [-0.2, 0) is 21.2 Å². The highest BCUT2D eigenvalue weighted by atomic mass is 32.2. The van der Waals surface area contributed by atoms with Crippen LogP contribution in [0.1, 0.15) is 12.0 Å². The van der Waals surface area contributed by atoms with Crippen LogP contribution < -0.4 is 10.5 Å². The van der Waals surface area contributed by atoms with Crippen LogP contribution in [-0.4, -0.2) is 14.3 Å². The third kappa shape index (κ3) is 5.11. The Labute approximate surface area is 132 Å². The van der Waals surface area contributed by atoms with Crippen molar-refractivity contribution >= 4 is 21.6 Å². The second-order valence-electron chi connectivity index (χ2n) is 4.90. The van der Waals surface area contributed by atoms with Gasteiger partial charge in [-0.05, 0) is 48.4 Å². The second-order valence-corrected chi connectivity index (χ2v) is 6.46. The lowest BCUT2D eigenvalue weighted by Gasteiger charge is -2.06. The molecule has 3 N–H and O–H groups in total. The van der Waals surface area contributed by atoms with Gasteiger partial charge < -0.3 is 5.32 Å². The molecular formula is C15H14F2N2O3S. The number of nitrogens with two attached hydrogens (primary N) is 1. The van der Waals surface area contributed by atoms with E-state index in [-0.39, 0.29) is 23.6 Å². The molecule has 0 spiro atoms. The number of nitrogens with one attached hydrogen (secondary N) is 1. The van der Waals surface area contributed by atoms with Gasteiger partial charge in [-0.15, -0.1) is 0 Å². The Morgan fingerprint density at radius 2 is 1.61 bits per heavy atom. The molecule has 0 saturated heterocycles. The first-order valence-electron chi connectivity index (χ1n) is 6.62. The molecule has 0 bridgehead atoms. The summed E-state index contributed by atoms with van der Waals surface area (Å²) in [5.74, 6) is -1.75. The fraction of sp³-hybridized carbons (Fsp3) is 0.133. The fourth-order valence-electron chi connectivity index (χ4n) is 1.96. The number of rotatable bonds is 5. The predicted molar refractivity (Wildman–Crippen MR) is 81.1 cm³/mol. The lowest BCUT2D eigenvalue weighted by Crippen LogP contribution is -2.14. The van der Waals surface area contributed by atoms with E-state index < -0.39 is 21.7 Å². The van der Waals surface area contributed by atoms with E-state index in [9.17, 15) is 22.0 Å². The molecule has 0 heterocycles. The van der Waals surface area contributed by atoms with E-state index in [1.807, 2.05) is 0 Å². The smallest absolute Gasteiger partial charge is 0.238 e. The number of benzene rings is 2. The molecule has 0 aliphatic heterocycles. The van der Waals surface area contributed by atoms with Crippen molar-refractivity contribution in [3.63, 3.8) is 0 Å². The summed E-state index contributed by atoms with van der Waals surface area (Å²) in [5, 5.41) is 7.53. The Hall–Kier alpha value is -2.32. The molecule has 5 nitrogen and oxygen atoms in total. The largest absolute Gasteiger partial charge is 0.326 e. The lowest BCUT2D eigenvalue weighted by atomic mass is 10.1. The molecule has 0 aliphatic carbocycles. The first-order valence-corrected chi connectivity index (χ1v) is 8.16. The van der Waals surface area contributed by atoms with E-state index >= 15 is 0 Å². The molecule has 8 heteroatoms. The highest BCUT2D eigenvalue weighted by Crippen LogP contribution is 2.14. The average Bonchev–Trinajstić information content (AvgIpc) is 2.44. The number of hydrogen-bond donors (Lipinski definition) is 2. The van der Waals surface area contributed by atoms with Crippen molar-refractivity contribution in [3.05, 3.63) is 59.7 Å². The SMILES string of the molecule is NS(=O)(=O)c1ccc(NC(=O)CCc2cc(F)cc(F)c2)cc1. The van der Waals surface area contributed by atoms with Gasteiger partial charge in [0.05, 0.1) is 4.90 Å². The molecule has 2 aromatic rings. The van der Waals surface area contributed by atoms with Crippen molar-refractivity contribution in [2.24, 2.45) is 5.14 Å². The summed E-state index contributed by atoms with van der Waals surface area (Å²) in [4.78, 5) is 11.7. The van der Waals surface area contributed by atoms with Crippen molar-refractivity contribution in [1.29, 1.82) is 0 Å². The summed E-state index contributed by atoms with van der Waals surface area (Å²) in [5.41, 5.74) is 0.773. The molecule has 0 radical (unpaired) electrons. The average molecular weight is 340 g/mol. The third-order valence-electron chi connectivity index (χ3n) is 3.03. The quantitative estimate of drug-likeness (QED) is 0.874. The number of sulfonamides is 1. The van der Waals surface area contributed by atoms with Crippen molar-refractivity contribution in [2.45, 2.75) is 17.7 Å². The maximum Gasteiger partial charge on any atom is 0.238 e. The van der Waals surface area contributed by atoms with Crippen molar-refractivity contribution in [1.82, 2.24) is 0 Å². The van der Waals surface area contributed by atoms with Gasteiger partial charge in [0.1, 0.15) is 11.6 Å². The molecule has 0 aliphatic rings. The molecule has 122 valence electrons. The van der Waals surface area contributed by atoms with E-state index in [0.29, 0.717) is 11.3 Å². The second kappa shape index (κ2) is 6.84. The highest BCUT2D eigenvalue weighted by molar-refractivity contribution is 7.89. The number of hydrogen-bond acceptors (Lipinski definition) is 3. The minimum atomic E-state index is -3.79. The molecule has 0 aromatic heterocycles. The fourth-order valence-corrected chi connectivity index (χ4v) is 2.48. The minimum Gasteiger partial charge on any atom is -0.326 e. The first kappa shape index (κ1) is 17.0. The van der Waals surface area contributed by atoms with E-state index in [2.05, 4.69) is 5.32 Å². The van der Waals surface area contributed by atoms with E-state index in [0.717, 1.165) is 18.2 Å². The Bertz CT molecular complexity index is 801. The van der Waals surface area contributed by atoms with Gasteiger partial charge in [-0.1, -0.05) is 0 Å². The molecule has 0 unspecified atom stereocenters. The Morgan fingerprint density at radius 3 is 2.13 bits per heavy atom. The van der Waals surface area contributed by atoms with E-state index in [4.69, 9.17) is 5.14 Å². The Morgan fingerprint density at radius 1 is 1.04 bits per heavy atom. The van der Waals surface area contributed by atoms with Crippen LogP contribution >= 0.6 is 0 Å². The normalized spacial score (nSPS) is 11.3. The van der Waals surface area contributed by atoms with Crippen LogP contribution in [0.3, 0.4) is 0 Å². The summed E-state index contributed by atoms with van der Waals surface area (Å²) < 4.78 is 48.3. The van der Waals surface area contributed by atoms with Gasteiger partial charge in [-0.2, -0.15) is 0 Å². The van der Waals surface area contributed by atoms with Gasteiger partial charge in [0.25, 0.3) is 0 Å². The maximum absolute atomic E-state index is 13.0. The standard InChI is InChI=1S/C15H14F2N2O3S/c16-11-7-10(8-12(17)9-11)1-6-15(20)19-13-2-4-14(5-3-13)23(18,21)22/h2-5,7-9H,1,6H2,(H,19,20)(H2,18,21,22). The van der Waals surface area contributed by atoms with Crippen LogP contribution in [0.2, 0.25) is 0 Å². The molecule has 2 rings (SSSR count).